The number of rotatable bonds is 9. The number of aliphatic hydroxyl groups is 2. The van der Waals surface area contributed by atoms with Gasteiger partial charge in [-0.2, -0.15) is 0 Å². The molecule has 27 heavy (non-hydrogen) atoms. The first-order chi connectivity index (χ1) is 13.2. The number of aliphatic hydroxyl groups excluding tert-OH is 1. The van der Waals surface area contributed by atoms with E-state index >= 15 is 0 Å². The quantitative estimate of drug-likeness (QED) is 0.573. The zero-order valence-electron chi connectivity index (χ0n) is 15.5. The van der Waals surface area contributed by atoms with E-state index in [2.05, 4.69) is 20.2 Å². The van der Waals surface area contributed by atoms with Crippen LogP contribution in [0.2, 0.25) is 0 Å². The highest BCUT2D eigenvalue weighted by Gasteiger charge is 2.33. The molecule has 2 heterocycles. The molecule has 1 fully saturated rings. The van der Waals surface area contributed by atoms with Crippen LogP contribution in [0.1, 0.15) is 24.8 Å². The zero-order valence-corrected chi connectivity index (χ0v) is 15.5. The molecule has 1 aromatic carbocycles. The molecule has 1 aromatic heterocycles. The fourth-order valence-corrected chi connectivity index (χ4v) is 3.30. The SMILES string of the molecule is OCCCOc1ccc(CNC[C@]2(O)CCCN(c3cnccn3)C2)cc1. The van der Waals surface area contributed by atoms with Gasteiger partial charge in [-0.1, -0.05) is 12.1 Å². The number of hydrogen-bond acceptors (Lipinski definition) is 7. The normalized spacial score (nSPS) is 19.9. The number of benzene rings is 1. The molecule has 0 aliphatic carbocycles. The maximum absolute atomic E-state index is 11.0. The van der Waals surface area contributed by atoms with Crippen molar-refractivity contribution < 1.29 is 14.9 Å². The summed E-state index contributed by atoms with van der Waals surface area (Å²) in [7, 11) is 0. The number of nitrogens with one attached hydrogen (secondary N) is 1. The maximum Gasteiger partial charge on any atom is 0.147 e. The summed E-state index contributed by atoms with van der Waals surface area (Å²) < 4.78 is 5.53. The summed E-state index contributed by atoms with van der Waals surface area (Å²) in [5.74, 6) is 1.62. The van der Waals surface area contributed by atoms with Gasteiger partial charge in [-0.25, -0.2) is 4.98 Å². The first kappa shape index (κ1) is 19.5. The fraction of sp³-hybridized carbons (Fsp3) is 0.500. The summed E-state index contributed by atoms with van der Waals surface area (Å²) in [5, 5.41) is 23.1. The highest BCUT2D eigenvalue weighted by Crippen LogP contribution is 2.24. The topological polar surface area (TPSA) is 90.7 Å². The fourth-order valence-electron chi connectivity index (χ4n) is 3.30. The molecule has 146 valence electrons. The Kier molecular flexibility index (Phi) is 6.98. The molecule has 7 heteroatoms. The van der Waals surface area contributed by atoms with Crippen LogP contribution in [0.25, 0.3) is 0 Å². The Morgan fingerprint density at radius 1 is 1.22 bits per heavy atom. The van der Waals surface area contributed by atoms with Crippen molar-refractivity contribution in [1.82, 2.24) is 15.3 Å². The van der Waals surface area contributed by atoms with E-state index in [1.165, 1.54) is 0 Å². The van der Waals surface area contributed by atoms with Gasteiger partial charge in [0.25, 0.3) is 0 Å². The Hall–Kier alpha value is -2.22. The Labute approximate surface area is 160 Å². The average Bonchev–Trinajstić information content (AvgIpc) is 2.70. The van der Waals surface area contributed by atoms with Crippen LogP contribution in [0.15, 0.2) is 42.9 Å². The van der Waals surface area contributed by atoms with Crippen LogP contribution >= 0.6 is 0 Å². The molecule has 0 saturated carbocycles. The Bertz CT molecular complexity index is 683. The summed E-state index contributed by atoms with van der Waals surface area (Å²) in [6, 6.07) is 7.88. The van der Waals surface area contributed by atoms with Crippen LogP contribution in [-0.2, 0) is 6.54 Å². The smallest absolute Gasteiger partial charge is 0.147 e. The van der Waals surface area contributed by atoms with Gasteiger partial charge >= 0.3 is 0 Å². The van der Waals surface area contributed by atoms with Crippen molar-refractivity contribution >= 4 is 5.82 Å². The summed E-state index contributed by atoms with van der Waals surface area (Å²) >= 11 is 0. The highest BCUT2D eigenvalue weighted by molar-refractivity contribution is 5.36. The molecular formula is C20H28N4O3. The van der Waals surface area contributed by atoms with Gasteiger partial charge in [-0.05, 0) is 30.5 Å². The minimum Gasteiger partial charge on any atom is -0.494 e. The van der Waals surface area contributed by atoms with Gasteiger partial charge in [0.15, 0.2) is 0 Å². The molecule has 0 bridgehead atoms. The van der Waals surface area contributed by atoms with Crippen molar-refractivity contribution in [2.24, 2.45) is 0 Å². The Morgan fingerprint density at radius 3 is 2.81 bits per heavy atom. The molecule has 0 unspecified atom stereocenters. The van der Waals surface area contributed by atoms with Crippen molar-refractivity contribution in [1.29, 1.82) is 0 Å². The molecule has 0 spiro atoms. The van der Waals surface area contributed by atoms with E-state index in [0.717, 1.165) is 36.5 Å². The van der Waals surface area contributed by atoms with E-state index in [9.17, 15) is 5.11 Å². The molecule has 7 nitrogen and oxygen atoms in total. The number of nitrogens with zero attached hydrogens (tertiary/aromatic N) is 3. The minimum absolute atomic E-state index is 0.138. The lowest BCUT2D eigenvalue weighted by Crippen LogP contribution is -2.53. The molecule has 3 N–H and O–H groups in total. The number of anilines is 1. The van der Waals surface area contributed by atoms with Crippen molar-refractivity contribution in [2.45, 2.75) is 31.4 Å². The van der Waals surface area contributed by atoms with Crippen LogP contribution in [-0.4, -0.2) is 58.6 Å². The first-order valence-electron chi connectivity index (χ1n) is 9.45. The number of ether oxygens (including phenoxy) is 1. The molecular weight excluding hydrogens is 344 g/mol. The third kappa shape index (κ3) is 5.89. The van der Waals surface area contributed by atoms with Crippen LogP contribution in [0.4, 0.5) is 5.82 Å². The minimum atomic E-state index is -0.775. The maximum atomic E-state index is 11.0. The average molecular weight is 372 g/mol. The standard InChI is InChI=1S/C20H28N4O3/c25-11-2-12-27-18-5-3-17(4-6-18)13-22-15-20(26)7-1-10-24(16-20)19-14-21-8-9-23-19/h3-6,8-9,14,22,25-26H,1-2,7,10-13,15-16H2/t20-/m1/s1. The second kappa shape index (κ2) is 9.64. The number of piperidine rings is 1. The van der Waals surface area contributed by atoms with Crippen LogP contribution in [0.3, 0.4) is 0 Å². The summed E-state index contributed by atoms with van der Waals surface area (Å²) in [6.45, 7) is 3.31. The zero-order chi connectivity index (χ0) is 19.0. The Morgan fingerprint density at radius 2 is 2.07 bits per heavy atom. The second-order valence-corrected chi connectivity index (χ2v) is 6.99. The van der Waals surface area contributed by atoms with Crippen LogP contribution < -0.4 is 15.0 Å². The lowest BCUT2D eigenvalue weighted by molar-refractivity contribution is 0.0258. The molecule has 1 aliphatic heterocycles. The van der Waals surface area contributed by atoms with Gasteiger partial charge in [-0.15, -0.1) is 0 Å². The van der Waals surface area contributed by atoms with E-state index in [4.69, 9.17) is 9.84 Å². The number of hydrogen-bond donors (Lipinski definition) is 3. The van der Waals surface area contributed by atoms with Crippen molar-refractivity contribution in [3.8, 4) is 5.75 Å². The molecule has 1 atom stereocenters. The second-order valence-electron chi connectivity index (χ2n) is 6.99. The third-order valence-corrected chi connectivity index (χ3v) is 4.71. The molecule has 0 radical (unpaired) electrons. The number of β-amino-alcohol motifs (C(OH)–C–C–N with tert-alkyl or cyclic N) is 1. The van der Waals surface area contributed by atoms with Gasteiger partial charge in [0.2, 0.25) is 0 Å². The van der Waals surface area contributed by atoms with E-state index < -0.39 is 5.60 Å². The van der Waals surface area contributed by atoms with E-state index in [1.54, 1.807) is 18.6 Å². The summed E-state index contributed by atoms with van der Waals surface area (Å²) in [4.78, 5) is 10.5. The van der Waals surface area contributed by atoms with Crippen LogP contribution in [0, 0.1) is 0 Å². The predicted molar refractivity (Wildman–Crippen MR) is 104 cm³/mol. The van der Waals surface area contributed by atoms with Gasteiger partial charge < -0.3 is 25.2 Å². The van der Waals surface area contributed by atoms with Crippen molar-refractivity contribution in [2.75, 3.05) is 37.7 Å². The van der Waals surface area contributed by atoms with Crippen molar-refractivity contribution in [3.05, 3.63) is 48.4 Å². The predicted octanol–water partition coefficient (Wildman–Crippen LogP) is 1.36. The molecule has 1 saturated heterocycles. The summed E-state index contributed by atoms with van der Waals surface area (Å²) in [5.41, 5.74) is 0.359. The van der Waals surface area contributed by atoms with Crippen LogP contribution in [0.5, 0.6) is 5.75 Å². The Balaban J connectivity index is 1.46. The van der Waals surface area contributed by atoms with Gasteiger partial charge in [-0.3, -0.25) is 4.98 Å². The summed E-state index contributed by atoms with van der Waals surface area (Å²) in [6.07, 6.45) is 7.41. The van der Waals surface area contributed by atoms with Gasteiger partial charge in [0.05, 0.1) is 18.4 Å². The van der Waals surface area contributed by atoms with E-state index in [0.29, 0.717) is 32.7 Å². The van der Waals surface area contributed by atoms with E-state index in [-0.39, 0.29) is 6.61 Å². The lowest BCUT2D eigenvalue weighted by atomic mass is 9.92. The van der Waals surface area contributed by atoms with Crippen molar-refractivity contribution in [3.63, 3.8) is 0 Å². The number of aromatic nitrogens is 2. The van der Waals surface area contributed by atoms with E-state index in [1.807, 2.05) is 24.3 Å². The molecule has 3 rings (SSSR count). The molecule has 0 amide bonds. The first-order valence-corrected chi connectivity index (χ1v) is 9.45. The third-order valence-electron chi connectivity index (χ3n) is 4.71. The monoisotopic (exact) mass is 372 g/mol. The largest absolute Gasteiger partial charge is 0.494 e. The lowest BCUT2D eigenvalue weighted by Gasteiger charge is -2.39. The molecule has 2 aromatic rings. The molecule has 1 aliphatic rings. The van der Waals surface area contributed by atoms with Gasteiger partial charge in [0, 0.05) is 51.6 Å². The van der Waals surface area contributed by atoms with Gasteiger partial charge in [0.1, 0.15) is 11.6 Å². The highest BCUT2D eigenvalue weighted by atomic mass is 16.5.